The number of nitrogens with two attached hydrogens (primary N) is 1. The molecule has 2 aromatic rings. The topological polar surface area (TPSA) is 104 Å². The molecular formula is C21H32IN7S. The van der Waals surface area contributed by atoms with E-state index in [-0.39, 0.29) is 28.7 Å². The Morgan fingerprint density at radius 1 is 1.30 bits per heavy atom. The molecule has 164 valence electrons. The Balaban J connectivity index is 0.00000450. The van der Waals surface area contributed by atoms with Crippen molar-refractivity contribution in [3.8, 4) is 11.8 Å². The number of nitrogens with zero attached hydrogens (tertiary/aromatic N) is 4. The van der Waals surface area contributed by atoms with Crippen molar-refractivity contribution in [1.29, 1.82) is 5.26 Å². The highest BCUT2D eigenvalue weighted by molar-refractivity contribution is 14.0. The Hall–Kier alpha value is -1.93. The highest BCUT2D eigenvalue weighted by atomic mass is 127. The van der Waals surface area contributed by atoms with Crippen LogP contribution in [0.5, 0.6) is 0 Å². The summed E-state index contributed by atoms with van der Waals surface area (Å²) in [6, 6.07) is 11.8. The lowest BCUT2D eigenvalue weighted by atomic mass is 10.1. The zero-order valence-corrected chi connectivity index (χ0v) is 21.3. The van der Waals surface area contributed by atoms with Gasteiger partial charge < -0.3 is 16.4 Å². The smallest absolute Gasteiger partial charge is 0.191 e. The van der Waals surface area contributed by atoms with Crippen LogP contribution < -0.4 is 16.4 Å². The molecule has 0 radical (unpaired) electrons. The van der Waals surface area contributed by atoms with Crippen molar-refractivity contribution in [3.05, 3.63) is 41.6 Å². The normalized spacial score (nSPS) is 11.5. The highest BCUT2D eigenvalue weighted by Gasteiger charge is 2.17. The van der Waals surface area contributed by atoms with Crippen LogP contribution in [0.25, 0.3) is 5.69 Å². The van der Waals surface area contributed by atoms with Crippen molar-refractivity contribution in [1.82, 2.24) is 20.4 Å². The fourth-order valence-corrected chi connectivity index (χ4v) is 2.87. The molecule has 0 unspecified atom stereocenters. The van der Waals surface area contributed by atoms with Gasteiger partial charge in [0.15, 0.2) is 5.96 Å². The van der Waals surface area contributed by atoms with Crippen LogP contribution in [0.15, 0.2) is 35.3 Å². The van der Waals surface area contributed by atoms with Gasteiger partial charge in [0.1, 0.15) is 17.5 Å². The predicted molar refractivity (Wildman–Crippen MR) is 138 cm³/mol. The van der Waals surface area contributed by atoms with Crippen molar-refractivity contribution in [2.24, 2.45) is 4.99 Å². The number of halogens is 1. The molecule has 0 bridgehead atoms. The molecule has 0 saturated heterocycles. The highest BCUT2D eigenvalue weighted by Crippen LogP contribution is 2.22. The molecule has 0 amide bonds. The lowest BCUT2D eigenvalue weighted by molar-refractivity contribution is 0.697. The van der Waals surface area contributed by atoms with Crippen molar-refractivity contribution in [2.45, 2.75) is 38.4 Å². The lowest BCUT2D eigenvalue weighted by Crippen LogP contribution is -2.39. The van der Waals surface area contributed by atoms with Crippen LogP contribution >= 0.6 is 35.7 Å². The number of aliphatic imine (C=N–C) groups is 1. The Morgan fingerprint density at radius 3 is 2.60 bits per heavy atom. The molecule has 0 atom stereocenters. The Bertz CT molecular complexity index is 856. The van der Waals surface area contributed by atoms with Gasteiger partial charge in [-0.05, 0) is 52.0 Å². The number of aryl methyl sites for hydroxylation is 1. The Kier molecular flexibility index (Phi) is 11.0. The predicted octanol–water partition coefficient (Wildman–Crippen LogP) is 3.57. The largest absolute Gasteiger partial charge is 0.382 e. The number of nitrogens with one attached hydrogen (secondary N) is 2. The van der Waals surface area contributed by atoms with Gasteiger partial charge in [-0.3, -0.25) is 4.99 Å². The van der Waals surface area contributed by atoms with Crippen LogP contribution in [0.3, 0.4) is 0 Å². The summed E-state index contributed by atoms with van der Waals surface area (Å²) in [5, 5.41) is 20.7. The summed E-state index contributed by atoms with van der Waals surface area (Å²) in [6.07, 6.45) is 3.58. The number of nitriles is 1. The van der Waals surface area contributed by atoms with Gasteiger partial charge in [0.2, 0.25) is 0 Å². The standard InChI is InChI=1S/C21H31N7S.HI/c1-5-24-20(26-15-21(2,3)29-4)25-13-9-12-18-17(14-22)19(23)28(27-18)16-10-7-6-8-11-16;/h6-8,10-11H,5,9,12-13,15,23H2,1-4H3,(H2,24,25,26);1H. The van der Waals surface area contributed by atoms with Gasteiger partial charge in [-0.1, -0.05) is 18.2 Å². The van der Waals surface area contributed by atoms with Crippen LogP contribution in [0.1, 0.15) is 38.4 Å². The number of benzene rings is 1. The first kappa shape index (κ1) is 26.1. The number of hydrogen-bond acceptors (Lipinski definition) is 5. The number of para-hydroxylation sites is 1. The number of nitrogen functional groups attached to an aromatic ring is 1. The summed E-state index contributed by atoms with van der Waals surface area (Å²) >= 11 is 1.80. The van der Waals surface area contributed by atoms with Gasteiger partial charge in [0, 0.05) is 17.8 Å². The molecule has 1 aromatic carbocycles. The Morgan fingerprint density at radius 2 is 2.00 bits per heavy atom. The molecule has 0 aliphatic carbocycles. The molecule has 0 fully saturated rings. The van der Waals surface area contributed by atoms with Gasteiger partial charge in [0.25, 0.3) is 0 Å². The van der Waals surface area contributed by atoms with E-state index in [2.05, 4.69) is 53.8 Å². The van der Waals surface area contributed by atoms with E-state index in [1.807, 2.05) is 30.3 Å². The molecule has 9 heteroatoms. The van der Waals surface area contributed by atoms with Crippen LogP contribution in [-0.4, -0.2) is 46.4 Å². The van der Waals surface area contributed by atoms with Crippen LogP contribution in [0, 0.1) is 11.3 Å². The quantitative estimate of drug-likeness (QED) is 0.194. The average Bonchev–Trinajstić information content (AvgIpc) is 3.05. The second-order valence-electron chi connectivity index (χ2n) is 7.26. The van der Waals surface area contributed by atoms with E-state index in [9.17, 15) is 5.26 Å². The summed E-state index contributed by atoms with van der Waals surface area (Å²) in [5.41, 5.74) is 8.19. The minimum Gasteiger partial charge on any atom is -0.382 e. The SMILES string of the molecule is CCNC(=NCC(C)(C)SC)NCCCc1nn(-c2ccccc2)c(N)c1C#N.I. The second-order valence-corrected chi connectivity index (χ2v) is 8.77. The van der Waals surface area contributed by atoms with E-state index < -0.39 is 0 Å². The summed E-state index contributed by atoms with van der Waals surface area (Å²) in [5.74, 6) is 1.19. The first-order valence-electron chi connectivity index (χ1n) is 9.82. The lowest BCUT2D eigenvalue weighted by Gasteiger charge is -2.20. The average molecular weight is 542 g/mol. The monoisotopic (exact) mass is 541 g/mol. The zero-order valence-electron chi connectivity index (χ0n) is 18.1. The van der Waals surface area contributed by atoms with Crippen molar-refractivity contribution < 1.29 is 0 Å². The fraction of sp³-hybridized carbons (Fsp3) is 0.476. The van der Waals surface area contributed by atoms with Crippen LogP contribution in [0.4, 0.5) is 5.82 Å². The summed E-state index contributed by atoms with van der Waals surface area (Å²) in [6.45, 7) is 8.69. The molecular weight excluding hydrogens is 509 g/mol. The second kappa shape index (κ2) is 12.7. The third-order valence-corrected chi connectivity index (χ3v) is 5.74. The van der Waals surface area contributed by atoms with Crippen LogP contribution in [-0.2, 0) is 6.42 Å². The number of anilines is 1. The number of thioether (sulfide) groups is 1. The summed E-state index contributed by atoms with van der Waals surface area (Å²) < 4.78 is 1.74. The van der Waals surface area contributed by atoms with Crippen LogP contribution in [0.2, 0.25) is 0 Å². The van der Waals surface area contributed by atoms with E-state index in [0.717, 1.165) is 43.4 Å². The molecule has 1 heterocycles. The van der Waals surface area contributed by atoms with Crippen molar-refractivity contribution in [3.63, 3.8) is 0 Å². The van der Waals surface area contributed by atoms with Crippen molar-refractivity contribution >= 4 is 47.5 Å². The third-order valence-electron chi connectivity index (χ3n) is 4.50. The third kappa shape index (κ3) is 7.40. The molecule has 0 saturated carbocycles. The molecule has 0 aliphatic rings. The van der Waals surface area contributed by atoms with E-state index >= 15 is 0 Å². The molecule has 30 heavy (non-hydrogen) atoms. The molecule has 0 spiro atoms. The number of guanidine groups is 1. The molecule has 7 nitrogen and oxygen atoms in total. The van der Waals surface area contributed by atoms with Gasteiger partial charge in [0.05, 0.1) is 17.9 Å². The maximum Gasteiger partial charge on any atom is 0.191 e. The van der Waals surface area contributed by atoms with Gasteiger partial charge in [-0.25, -0.2) is 4.68 Å². The zero-order chi connectivity index (χ0) is 21.3. The molecule has 4 N–H and O–H groups in total. The summed E-state index contributed by atoms with van der Waals surface area (Å²) in [7, 11) is 0. The molecule has 2 rings (SSSR count). The maximum atomic E-state index is 9.51. The number of rotatable bonds is 9. The van der Waals surface area contributed by atoms with E-state index in [1.54, 1.807) is 16.4 Å². The molecule has 0 aliphatic heterocycles. The first-order chi connectivity index (χ1) is 13.9. The van der Waals surface area contributed by atoms with E-state index in [1.165, 1.54) is 0 Å². The number of hydrogen-bond donors (Lipinski definition) is 3. The minimum absolute atomic E-state index is 0. The maximum absolute atomic E-state index is 9.51. The first-order valence-corrected chi connectivity index (χ1v) is 11.0. The van der Waals surface area contributed by atoms with Gasteiger partial charge >= 0.3 is 0 Å². The Labute approximate surface area is 200 Å². The van der Waals surface area contributed by atoms with Gasteiger partial charge in [-0.2, -0.15) is 22.1 Å². The van der Waals surface area contributed by atoms with Gasteiger partial charge in [-0.15, -0.1) is 24.0 Å². The van der Waals surface area contributed by atoms with Crippen molar-refractivity contribution in [2.75, 3.05) is 31.6 Å². The summed E-state index contributed by atoms with van der Waals surface area (Å²) in [4.78, 5) is 4.67. The van der Waals surface area contributed by atoms with E-state index in [4.69, 9.17) is 5.73 Å². The number of aromatic nitrogens is 2. The molecule has 1 aromatic heterocycles. The fourth-order valence-electron chi connectivity index (χ4n) is 2.68. The van der Waals surface area contributed by atoms with E-state index in [0.29, 0.717) is 17.8 Å². The minimum atomic E-state index is 0.